The Morgan fingerprint density at radius 1 is 0.955 bits per heavy atom. The molecule has 0 heterocycles. The number of hydrogen-bond acceptors (Lipinski definition) is 2. The summed E-state index contributed by atoms with van der Waals surface area (Å²) in [6.07, 6.45) is 6.62. The molecule has 4 bridgehead atoms. The predicted molar refractivity (Wildman–Crippen MR) is 89.2 cm³/mol. The maximum atomic E-state index is 12.9. The van der Waals surface area contributed by atoms with Crippen LogP contribution in [0.25, 0.3) is 0 Å². The van der Waals surface area contributed by atoms with Gasteiger partial charge in [-0.3, -0.25) is 0 Å². The van der Waals surface area contributed by atoms with E-state index in [9.17, 15) is 8.42 Å². The minimum atomic E-state index is -3.06. The SMILES string of the molecule is CC(c1ccccc1)S(=O)(=O)CC1C2CC3CC(C2)CC1C3. The van der Waals surface area contributed by atoms with Gasteiger partial charge in [0.1, 0.15) is 0 Å². The Kier molecular flexibility index (Phi) is 3.60. The summed E-state index contributed by atoms with van der Waals surface area (Å²) < 4.78 is 25.8. The highest BCUT2D eigenvalue weighted by atomic mass is 32.2. The zero-order valence-corrected chi connectivity index (χ0v) is 14.1. The van der Waals surface area contributed by atoms with E-state index in [0.29, 0.717) is 23.5 Å². The highest BCUT2D eigenvalue weighted by molar-refractivity contribution is 7.91. The molecule has 4 aliphatic rings. The topological polar surface area (TPSA) is 34.1 Å². The molecule has 0 aromatic heterocycles. The van der Waals surface area contributed by atoms with Gasteiger partial charge in [-0.05, 0) is 74.2 Å². The van der Waals surface area contributed by atoms with Crippen LogP contribution in [0.5, 0.6) is 0 Å². The molecule has 2 nitrogen and oxygen atoms in total. The maximum Gasteiger partial charge on any atom is 0.157 e. The Hall–Kier alpha value is -0.830. The average Bonchev–Trinajstić information content (AvgIpc) is 2.50. The van der Waals surface area contributed by atoms with E-state index in [1.54, 1.807) is 0 Å². The summed E-state index contributed by atoms with van der Waals surface area (Å²) in [5.41, 5.74) is 0.936. The van der Waals surface area contributed by atoms with Crippen LogP contribution in [0.3, 0.4) is 0 Å². The highest BCUT2D eigenvalue weighted by Gasteiger charge is 2.49. The maximum absolute atomic E-state index is 12.9. The van der Waals surface area contributed by atoms with Crippen molar-refractivity contribution in [1.29, 1.82) is 0 Å². The van der Waals surface area contributed by atoms with Crippen LogP contribution in [0.15, 0.2) is 30.3 Å². The van der Waals surface area contributed by atoms with E-state index in [4.69, 9.17) is 0 Å². The van der Waals surface area contributed by atoms with E-state index >= 15 is 0 Å². The van der Waals surface area contributed by atoms with Crippen LogP contribution in [-0.4, -0.2) is 14.2 Å². The molecule has 4 fully saturated rings. The molecule has 4 saturated carbocycles. The van der Waals surface area contributed by atoms with Crippen LogP contribution in [0.2, 0.25) is 0 Å². The van der Waals surface area contributed by atoms with Gasteiger partial charge in [0.15, 0.2) is 9.84 Å². The zero-order chi connectivity index (χ0) is 15.3. The zero-order valence-electron chi connectivity index (χ0n) is 13.3. The smallest absolute Gasteiger partial charge is 0.157 e. The normalized spacial score (nSPS) is 38.1. The second-order valence-electron chi connectivity index (χ2n) is 7.98. The van der Waals surface area contributed by atoms with Crippen LogP contribution in [-0.2, 0) is 9.84 Å². The Morgan fingerprint density at radius 2 is 1.50 bits per heavy atom. The fraction of sp³-hybridized carbons (Fsp3) is 0.684. The van der Waals surface area contributed by atoms with Gasteiger partial charge in [0.2, 0.25) is 0 Å². The lowest BCUT2D eigenvalue weighted by Crippen LogP contribution is -2.47. The quantitative estimate of drug-likeness (QED) is 0.832. The van der Waals surface area contributed by atoms with Gasteiger partial charge >= 0.3 is 0 Å². The molecule has 22 heavy (non-hydrogen) atoms. The van der Waals surface area contributed by atoms with Gasteiger partial charge in [-0.25, -0.2) is 8.42 Å². The third kappa shape index (κ3) is 2.51. The average molecular weight is 318 g/mol. The van der Waals surface area contributed by atoms with Crippen molar-refractivity contribution in [3.05, 3.63) is 35.9 Å². The number of benzene rings is 1. The van der Waals surface area contributed by atoms with Crippen molar-refractivity contribution in [2.45, 2.75) is 44.3 Å². The molecule has 1 atom stereocenters. The van der Waals surface area contributed by atoms with Crippen LogP contribution in [0.1, 0.15) is 49.8 Å². The van der Waals surface area contributed by atoms with Crippen LogP contribution >= 0.6 is 0 Å². The minimum absolute atomic E-state index is 0.370. The second kappa shape index (κ2) is 5.36. The molecule has 4 aliphatic carbocycles. The first-order valence-corrected chi connectivity index (χ1v) is 10.5. The first kappa shape index (κ1) is 14.7. The molecule has 1 aromatic rings. The van der Waals surface area contributed by atoms with E-state index in [2.05, 4.69) is 0 Å². The summed E-state index contributed by atoms with van der Waals surface area (Å²) in [5.74, 6) is 4.05. The van der Waals surface area contributed by atoms with Crippen molar-refractivity contribution < 1.29 is 8.42 Å². The monoisotopic (exact) mass is 318 g/mol. The molecule has 1 unspecified atom stereocenters. The van der Waals surface area contributed by atoms with E-state index in [0.717, 1.165) is 17.4 Å². The van der Waals surface area contributed by atoms with E-state index < -0.39 is 9.84 Å². The van der Waals surface area contributed by atoms with Gasteiger partial charge in [-0.15, -0.1) is 0 Å². The second-order valence-corrected chi connectivity index (χ2v) is 10.3. The fourth-order valence-corrected chi connectivity index (χ4v) is 7.60. The molecule has 0 amide bonds. The van der Waals surface area contributed by atoms with Crippen LogP contribution in [0.4, 0.5) is 0 Å². The Balaban J connectivity index is 1.53. The number of rotatable bonds is 4. The van der Waals surface area contributed by atoms with Gasteiger partial charge in [0.25, 0.3) is 0 Å². The molecule has 120 valence electrons. The summed E-state index contributed by atoms with van der Waals surface area (Å²) in [7, 11) is -3.06. The molecule has 0 N–H and O–H groups in total. The first-order valence-electron chi connectivity index (χ1n) is 8.79. The lowest BCUT2D eigenvalue weighted by Gasteiger charge is -2.54. The summed E-state index contributed by atoms with van der Waals surface area (Å²) in [5, 5.41) is -0.370. The van der Waals surface area contributed by atoms with Gasteiger partial charge in [-0.2, -0.15) is 0 Å². The predicted octanol–water partition coefficient (Wildman–Crippen LogP) is 4.23. The first-order chi connectivity index (χ1) is 10.5. The summed E-state index contributed by atoms with van der Waals surface area (Å²) in [6, 6.07) is 9.70. The molecule has 0 saturated heterocycles. The molecule has 1 aromatic carbocycles. The minimum Gasteiger partial charge on any atom is -0.228 e. The van der Waals surface area contributed by atoms with Gasteiger partial charge in [0, 0.05) is 0 Å². The van der Waals surface area contributed by atoms with Crippen molar-refractivity contribution in [2.24, 2.45) is 29.6 Å². The van der Waals surface area contributed by atoms with Crippen molar-refractivity contribution >= 4 is 9.84 Å². The Bertz CT molecular complexity index is 607. The number of hydrogen-bond donors (Lipinski definition) is 0. The summed E-state index contributed by atoms with van der Waals surface area (Å²) in [6.45, 7) is 1.86. The standard InChI is InChI=1S/C19H26O2S/c1-13(16-5-3-2-4-6-16)22(20,21)12-19-17-8-14-7-15(10-17)11-18(19)9-14/h2-6,13-15,17-19H,7-12H2,1H3. The van der Waals surface area contributed by atoms with Crippen LogP contribution < -0.4 is 0 Å². The molecular formula is C19H26O2S. The fourth-order valence-electron chi connectivity index (χ4n) is 5.65. The van der Waals surface area contributed by atoms with Gasteiger partial charge in [-0.1, -0.05) is 30.3 Å². The Labute approximate surface area is 134 Å². The third-order valence-corrected chi connectivity index (χ3v) is 8.85. The lowest BCUT2D eigenvalue weighted by molar-refractivity contribution is -0.0268. The molecule has 0 radical (unpaired) electrons. The molecule has 0 spiro atoms. The summed E-state index contributed by atoms with van der Waals surface area (Å²) >= 11 is 0. The molecule has 5 rings (SSSR count). The van der Waals surface area contributed by atoms with Crippen molar-refractivity contribution in [2.75, 3.05) is 5.75 Å². The van der Waals surface area contributed by atoms with E-state index in [1.807, 2.05) is 37.3 Å². The van der Waals surface area contributed by atoms with Crippen molar-refractivity contribution in [3.8, 4) is 0 Å². The Morgan fingerprint density at radius 3 is 2.05 bits per heavy atom. The molecule has 3 heteroatoms. The largest absolute Gasteiger partial charge is 0.228 e. The third-order valence-electron chi connectivity index (χ3n) is 6.65. The molecule has 0 aliphatic heterocycles. The van der Waals surface area contributed by atoms with Gasteiger partial charge in [0.05, 0.1) is 11.0 Å². The van der Waals surface area contributed by atoms with Gasteiger partial charge < -0.3 is 0 Å². The van der Waals surface area contributed by atoms with Crippen LogP contribution in [0, 0.1) is 29.6 Å². The molecular weight excluding hydrogens is 292 g/mol. The van der Waals surface area contributed by atoms with Crippen molar-refractivity contribution in [1.82, 2.24) is 0 Å². The number of sulfone groups is 1. The van der Waals surface area contributed by atoms with E-state index in [-0.39, 0.29) is 5.25 Å². The lowest BCUT2D eigenvalue weighted by atomic mass is 9.52. The highest BCUT2D eigenvalue weighted by Crippen LogP contribution is 2.57. The van der Waals surface area contributed by atoms with E-state index in [1.165, 1.54) is 32.1 Å². The van der Waals surface area contributed by atoms with Crippen molar-refractivity contribution in [3.63, 3.8) is 0 Å². The summed E-state index contributed by atoms with van der Waals surface area (Å²) in [4.78, 5) is 0.